The number of ether oxygens (including phenoxy) is 1. The summed E-state index contributed by atoms with van der Waals surface area (Å²) in [7, 11) is 0. The highest BCUT2D eigenvalue weighted by atomic mass is 79.9. The molecule has 0 unspecified atom stereocenters. The van der Waals surface area contributed by atoms with Crippen LogP contribution in [0.1, 0.15) is 5.56 Å². The summed E-state index contributed by atoms with van der Waals surface area (Å²) in [6, 6.07) is 20.1. The number of nitro groups is 1. The number of halogens is 3. The zero-order chi connectivity index (χ0) is 28.7. The van der Waals surface area contributed by atoms with Crippen molar-refractivity contribution in [2.45, 2.75) is 0 Å². The van der Waals surface area contributed by atoms with E-state index in [0.29, 0.717) is 37.3 Å². The van der Waals surface area contributed by atoms with Crippen molar-refractivity contribution in [1.29, 1.82) is 0 Å². The summed E-state index contributed by atoms with van der Waals surface area (Å²) in [5, 5.41) is 17.0. The van der Waals surface area contributed by atoms with Gasteiger partial charge >= 0.3 is 0 Å². The van der Waals surface area contributed by atoms with Gasteiger partial charge in [-0.05, 0) is 64.5 Å². The van der Waals surface area contributed by atoms with E-state index in [1.807, 2.05) is 18.2 Å². The van der Waals surface area contributed by atoms with Crippen LogP contribution in [-0.4, -0.2) is 25.8 Å². The number of fused-ring (bicyclic) bond motifs is 2. The van der Waals surface area contributed by atoms with E-state index in [0.717, 1.165) is 20.7 Å². The van der Waals surface area contributed by atoms with Crippen molar-refractivity contribution in [2.75, 3.05) is 0 Å². The zero-order valence-electron chi connectivity index (χ0n) is 20.5. The molecular weight excluding hydrogens is 682 g/mol. The first-order valence-electron chi connectivity index (χ1n) is 11.8. The lowest BCUT2D eigenvalue weighted by Crippen LogP contribution is -2.20. The molecule has 13 heteroatoms. The van der Waals surface area contributed by atoms with Crippen molar-refractivity contribution < 1.29 is 14.1 Å². The van der Waals surface area contributed by atoms with Crippen molar-refractivity contribution in [1.82, 2.24) is 14.6 Å². The Morgan fingerprint density at radius 3 is 2.68 bits per heavy atom. The van der Waals surface area contributed by atoms with Gasteiger partial charge in [0.1, 0.15) is 11.8 Å². The average Bonchev–Trinajstić information content (AvgIpc) is 3.37. The Labute approximate surface area is 252 Å². The number of rotatable bonds is 6. The highest BCUT2D eigenvalue weighted by Crippen LogP contribution is 2.35. The SMILES string of the molecule is O=c1c2ccccc2nc(-c2cc3cc(Br)ccc3o2)n1N=Cc1cc(Cl)cc(Br)c1Oc1ccc([N+](=O)[O-])cn1. The zero-order valence-corrected chi connectivity index (χ0v) is 24.4. The molecule has 0 bridgehead atoms. The quantitative estimate of drug-likeness (QED) is 0.0983. The van der Waals surface area contributed by atoms with Crippen molar-refractivity contribution >= 4 is 77.2 Å². The molecule has 0 fully saturated rings. The van der Waals surface area contributed by atoms with E-state index in [2.05, 4.69) is 41.9 Å². The minimum atomic E-state index is -0.555. The molecule has 6 rings (SSSR count). The third-order valence-corrected chi connectivity index (χ3v) is 7.24. The lowest BCUT2D eigenvalue weighted by atomic mass is 10.2. The highest BCUT2D eigenvalue weighted by molar-refractivity contribution is 9.10. The second-order valence-corrected chi connectivity index (χ2v) is 10.8. The first kappa shape index (κ1) is 26.8. The molecule has 41 heavy (non-hydrogen) atoms. The number of hydrogen-bond donors (Lipinski definition) is 0. The summed E-state index contributed by atoms with van der Waals surface area (Å²) >= 11 is 13.2. The maximum absolute atomic E-state index is 13.6. The molecule has 0 radical (unpaired) electrons. The van der Waals surface area contributed by atoms with E-state index in [4.69, 9.17) is 25.7 Å². The second-order valence-electron chi connectivity index (χ2n) is 8.63. The fourth-order valence-electron chi connectivity index (χ4n) is 4.06. The van der Waals surface area contributed by atoms with Crippen molar-refractivity contribution in [2.24, 2.45) is 5.10 Å². The fourth-order valence-corrected chi connectivity index (χ4v) is 5.36. The van der Waals surface area contributed by atoms with Crippen molar-refractivity contribution in [3.8, 4) is 23.2 Å². The third-order valence-electron chi connectivity index (χ3n) is 5.94. The van der Waals surface area contributed by atoms with Crippen LogP contribution in [0.4, 0.5) is 5.69 Å². The van der Waals surface area contributed by atoms with Gasteiger partial charge in [-0.1, -0.05) is 39.7 Å². The molecule has 0 aliphatic rings. The molecule has 0 atom stereocenters. The number of aromatic nitrogens is 3. The fraction of sp³-hybridized carbons (Fsp3) is 0. The van der Waals surface area contributed by atoms with Gasteiger partial charge in [0.25, 0.3) is 11.2 Å². The van der Waals surface area contributed by atoms with Gasteiger partial charge in [-0.2, -0.15) is 9.78 Å². The number of nitrogens with zero attached hydrogens (tertiary/aromatic N) is 5. The number of para-hydroxylation sites is 1. The van der Waals surface area contributed by atoms with Crippen LogP contribution in [0.15, 0.2) is 102 Å². The average molecular weight is 696 g/mol. The molecular formula is C28H14Br2ClN5O5. The minimum absolute atomic E-state index is 0.104. The highest BCUT2D eigenvalue weighted by Gasteiger charge is 2.18. The standard InChI is InChI=1S/C28H14Br2ClN5O5/c29-17-5-7-23-15(9-17)11-24(40-23)27-34-22-4-2-1-3-20(22)28(37)35(27)33-13-16-10-18(31)12-21(30)26(16)41-25-8-6-19(14-32-25)36(38)39/h1-14H. The van der Waals surface area contributed by atoms with Crippen molar-refractivity contribution in [3.63, 3.8) is 0 Å². The summed E-state index contributed by atoms with van der Waals surface area (Å²) in [4.78, 5) is 32.8. The van der Waals surface area contributed by atoms with Crippen LogP contribution in [0, 0.1) is 10.1 Å². The van der Waals surface area contributed by atoms with E-state index in [1.165, 1.54) is 18.3 Å². The third kappa shape index (κ3) is 5.36. The summed E-state index contributed by atoms with van der Waals surface area (Å²) in [6.45, 7) is 0. The summed E-state index contributed by atoms with van der Waals surface area (Å²) in [5.41, 5.74) is 0.904. The van der Waals surface area contributed by atoms with Gasteiger partial charge in [-0.3, -0.25) is 14.9 Å². The van der Waals surface area contributed by atoms with Gasteiger partial charge in [-0.15, -0.1) is 0 Å². The molecule has 10 nitrogen and oxygen atoms in total. The van der Waals surface area contributed by atoms with Gasteiger partial charge in [-0.25, -0.2) is 9.97 Å². The summed E-state index contributed by atoms with van der Waals surface area (Å²) in [6.07, 6.45) is 2.49. The molecule has 0 saturated heterocycles. The smallest absolute Gasteiger partial charge is 0.287 e. The molecule has 3 heterocycles. The van der Waals surface area contributed by atoms with Crippen LogP contribution >= 0.6 is 43.5 Å². The predicted octanol–water partition coefficient (Wildman–Crippen LogP) is 7.97. The van der Waals surface area contributed by atoms with Crippen LogP contribution in [0.25, 0.3) is 33.5 Å². The molecule has 0 N–H and O–H groups in total. The topological polar surface area (TPSA) is 126 Å². The lowest BCUT2D eigenvalue weighted by Gasteiger charge is -2.11. The Kier molecular flexibility index (Phi) is 7.12. The first-order valence-corrected chi connectivity index (χ1v) is 13.8. The summed E-state index contributed by atoms with van der Waals surface area (Å²) < 4.78 is 14.5. The maximum Gasteiger partial charge on any atom is 0.287 e. The monoisotopic (exact) mass is 693 g/mol. The van der Waals surface area contributed by atoms with Crippen LogP contribution in [0.3, 0.4) is 0 Å². The Morgan fingerprint density at radius 2 is 1.90 bits per heavy atom. The first-order chi connectivity index (χ1) is 19.8. The van der Waals surface area contributed by atoms with E-state index >= 15 is 0 Å². The molecule has 6 aromatic rings. The lowest BCUT2D eigenvalue weighted by molar-refractivity contribution is -0.385. The van der Waals surface area contributed by atoms with Crippen LogP contribution in [0.2, 0.25) is 5.02 Å². The van der Waals surface area contributed by atoms with E-state index in [-0.39, 0.29) is 23.1 Å². The number of hydrogen-bond acceptors (Lipinski definition) is 8. The van der Waals surface area contributed by atoms with Gasteiger partial charge in [0, 0.05) is 32.6 Å². The number of furan rings is 1. The van der Waals surface area contributed by atoms with Crippen LogP contribution in [-0.2, 0) is 0 Å². The largest absolute Gasteiger partial charge is 0.453 e. The Morgan fingerprint density at radius 1 is 1.07 bits per heavy atom. The Balaban J connectivity index is 1.48. The molecule has 0 spiro atoms. The molecule has 0 aliphatic carbocycles. The molecule has 3 aromatic carbocycles. The van der Waals surface area contributed by atoms with Crippen LogP contribution in [0.5, 0.6) is 11.6 Å². The molecule has 0 amide bonds. The predicted molar refractivity (Wildman–Crippen MR) is 162 cm³/mol. The second kappa shape index (κ2) is 10.9. The molecule has 202 valence electrons. The van der Waals surface area contributed by atoms with E-state index in [9.17, 15) is 14.9 Å². The normalized spacial score (nSPS) is 11.5. The van der Waals surface area contributed by atoms with Crippen LogP contribution < -0.4 is 10.3 Å². The number of pyridine rings is 1. The van der Waals surface area contributed by atoms with Gasteiger partial charge in [0.2, 0.25) is 11.7 Å². The summed E-state index contributed by atoms with van der Waals surface area (Å²) in [5.74, 6) is 0.915. The van der Waals surface area contributed by atoms with Crippen molar-refractivity contribution in [3.05, 3.63) is 119 Å². The Bertz CT molecular complexity index is 2080. The number of benzene rings is 3. The van der Waals surface area contributed by atoms with E-state index < -0.39 is 10.5 Å². The minimum Gasteiger partial charge on any atom is -0.453 e. The molecule has 0 aliphatic heterocycles. The van der Waals surface area contributed by atoms with Gasteiger partial charge in [0.15, 0.2) is 11.5 Å². The molecule has 0 saturated carbocycles. The van der Waals surface area contributed by atoms with Gasteiger partial charge in [0.05, 0.1) is 26.5 Å². The van der Waals surface area contributed by atoms with Gasteiger partial charge < -0.3 is 9.15 Å². The molecule has 3 aromatic heterocycles. The maximum atomic E-state index is 13.6. The Hall–Kier alpha value is -4.39. The van der Waals surface area contributed by atoms with E-state index in [1.54, 1.807) is 42.5 Å².